The zero-order valence-corrected chi connectivity index (χ0v) is 14.0. The van der Waals surface area contributed by atoms with Gasteiger partial charge in [0.05, 0.1) is 5.56 Å². The van der Waals surface area contributed by atoms with Crippen molar-refractivity contribution in [3.63, 3.8) is 0 Å². The number of benzene rings is 2. The summed E-state index contributed by atoms with van der Waals surface area (Å²) in [5.74, 6) is 1.40. The van der Waals surface area contributed by atoms with Gasteiger partial charge in [0, 0.05) is 0 Å². The van der Waals surface area contributed by atoms with Crippen LogP contribution in [-0.4, -0.2) is 6.29 Å². The molecule has 0 fully saturated rings. The van der Waals surface area contributed by atoms with Crippen LogP contribution in [0.1, 0.15) is 61.4 Å². The fourth-order valence-corrected chi connectivity index (χ4v) is 2.64. The average molecular weight is 310 g/mol. The van der Waals surface area contributed by atoms with E-state index in [4.69, 9.17) is 4.74 Å². The van der Waals surface area contributed by atoms with E-state index >= 15 is 0 Å². The van der Waals surface area contributed by atoms with Crippen LogP contribution in [0.25, 0.3) is 0 Å². The van der Waals surface area contributed by atoms with E-state index in [0.29, 0.717) is 11.3 Å². The maximum atomic E-state index is 11.2. The fraction of sp³-hybridized carbons (Fsp3) is 0.381. The molecule has 0 aliphatic carbocycles. The second-order valence-corrected chi connectivity index (χ2v) is 5.92. The number of ether oxygens (including phenoxy) is 1. The molecule has 0 amide bonds. The van der Waals surface area contributed by atoms with Gasteiger partial charge >= 0.3 is 0 Å². The Bertz CT molecular complexity index is 590. The van der Waals surface area contributed by atoms with E-state index in [1.165, 1.54) is 44.1 Å². The molecule has 0 spiro atoms. The first-order chi connectivity index (χ1) is 11.3. The molecule has 122 valence electrons. The van der Waals surface area contributed by atoms with Gasteiger partial charge in [-0.2, -0.15) is 0 Å². The molecule has 2 aromatic rings. The summed E-state index contributed by atoms with van der Waals surface area (Å²) < 4.78 is 5.87. The van der Waals surface area contributed by atoms with Crippen molar-refractivity contribution >= 4 is 6.29 Å². The van der Waals surface area contributed by atoms with E-state index in [9.17, 15) is 4.79 Å². The predicted octanol–water partition coefficient (Wildman–Crippen LogP) is 6.19. The topological polar surface area (TPSA) is 26.3 Å². The predicted molar refractivity (Wildman–Crippen MR) is 95.4 cm³/mol. The van der Waals surface area contributed by atoms with E-state index in [1.54, 1.807) is 0 Å². The van der Waals surface area contributed by atoms with E-state index < -0.39 is 0 Å². The minimum absolute atomic E-state index is 0.598. The summed E-state index contributed by atoms with van der Waals surface area (Å²) >= 11 is 0. The van der Waals surface area contributed by atoms with Gasteiger partial charge in [-0.05, 0) is 42.7 Å². The highest BCUT2D eigenvalue weighted by atomic mass is 16.5. The molecule has 0 radical (unpaired) electrons. The molecule has 0 saturated heterocycles. The Morgan fingerprint density at radius 1 is 0.913 bits per heavy atom. The van der Waals surface area contributed by atoms with Gasteiger partial charge in [0.1, 0.15) is 11.5 Å². The lowest BCUT2D eigenvalue weighted by atomic mass is 10.0. The quantitative estimate of drug-likeness (QED) is 0.386. The first-order valence-corrected chi connectivity index (χ1v) is 8.64. The van der Waals surface area contributed by atoms with Gasteiger partial charge in [-0.3, -0.25) is 4.79 Å². The van der Waals surface area contributed by atoms with Crippen LogP contribution in [0.2, 0.25) is 0 Å². The summed E-state index contributed by atoms with van der Waals surface area (Å²) in [6, 6.07) is 15.5. The maximum absolute atomic E-state index is 11.2. The SMILES string of the molecule is CCCCCCCCc1ccc(C=O)c(Oc2ccccc2)c1. The summed E-state index contributed by atoms with van der Waals surface area (Å²) in [5.41, 5.74) is 1.83. The molecule has 23 heavy (non-hydrogen) atoms. The zero-order chi connectivity index (χ0) is 16.3. The normalized spacial score (nSPS) is 10.5. The molecule has 0 aliphatic rings. The molecule has 0 heterocycles. The molecule has 0 unspecified atom stereocenters. The monoisotopic (exact) mass is 310 g/mol. The molecule has 0 saturated carbocycles. The Kier molecular flexibility index (Phi) is 7.38. The Labute approximate surface area is 139 Å². The van der Waals surface area contributed by atoms with Crippen LogP contribution < -0.4 is 4.74 Å². The molecule has 0 aliphatic heterocycles. The lowest BCUT2D eigenvalue weighted by Gasteiger charge is -2.10. The third kappa shape index (κ3) is 5.90. The standard InChI is InChI=1S/C21H26O2/c1-2-3-4-5-6-8-11-18-14-15-19(17-22)21(16-18)23-20-12-9-7-10-13-20/h7,9-10,12-17H,2-6,8,11H2,1H3. The number of rotatable bonds is 10. The number of carbonyl (C=O) groups is 1. The Morgan fingerprint density at radius 3 is 2.39 bits per heavy atom. The van der Waals surface area contributed by atoms with Crippen LogP contribution in [0.5, 0.6) is 11.5 Å². The van der Waals surface area contributed by atoms with Gasteiger partial charge in [0.25, 0.3) is 0 Å². The zero-order valence-electron chi connectivity index (χ0n) is 14.0. The molecule has 2 nitrogen and oxygen atoms in total. The summed E-state index contributed by atoms with van der Waals surface area (Å²) in [4.78, 5) is 11.2. The number of unbranched alkanes of at least 4 members (excludes halogenated alkanes) is 5. The van der Waals surface area contributed by atoms with E-state index in [-0.39, 0.29) is 0 Å². The summed E-state index contributed by atoms with van der Waals surface area (Å²) in [5, 5.41) is 0. The van der Waals surface area contributed by atoms with Gasteiger partial charge in [-0.1, -0.05) is 63.3 Å². The number of aryl methyl sites for hydroxylation is 1. The van der Waals surface area contributed by atoms with Gasteiger partial charge in [0.2, 0.25) is 0 Å². The Morgan fingerprint density at radius 2 is 1.65 bits per heavy atom. The third-order valence-corrected chi connectivity index (χ3v) is 3.99. The minimum atomic E-state index is 0.598. The summed E-state index contributed by atoms with van der Waals surface area (Å²) in [6.07, 6.45) is 9.62. The molecule has 0 atom stereocenters. The van der Waals surface area contributed by atoms with Crippen molar-refractivity contribution in [3.05, 3.63) is 59.7 Å². The van der Waals surface area contributed by atoms with Crippen LogP contribution >= 0.6 is 0 Å². The highest BCUT2D eigenvalue weighted by molar-refractivity contribution is 5.79. The van der Waals surface area contributed by atoms with Crippen LogP contribution in [0, 0.1) is 0 Å². The lowest BCUT2D eigenvalue weighted by molar-refractivity contribution is 0.112. The number of carbonyl (C=O) groups excluding carboxylic acids is 1. The maximum Gasteiger partial charge on any atom is 0.153 e. The van der Waals surface area contributed by atoms with Crippen LogP contribution in [0.15, 0.2) is 48.5 Å². The molecule has 0 N–H and O–H groups in total. The van der Waals surface area contributed by atoms with Crippen molar-refractivity contribution in [1.82, 2.24) is 0 Å². The van der Waals surface area contributed by atoms with Gasteiger partial charge in [-0.15, -0.1) is 0 Å². The Hall–Kier alpha value is -2.09. The summed E-state index contributed by atoms with van der Waals surface area (Å²) in [6.45, 7) is 2.24. The molecular formula is C21H26O2. The number of aldehydes is 1. The van der Waals surface area contributed by atoms with Crippen LogP contribution in [0.3, 0.4) is 0 Å². The second-order valence-electron chi connectivity index (χ2n) is 5.92. The first kappa shape index (κ1) is 17.3. The number of hydrogen-bond donors (Lipinski definition) is 0. The van der Waals surface area contributed by atoms with E-state index in [2.05, 4.69) is 6.92 Å². The van der Waals surface area contributed by atoms with Crippen LogP contribution in [0.4, 0.5) is 0 Å². The molecular weight excluding hydrogens is 284 g/mol. The van der Waals surface area contributed by atoms with Crippen molar-refractivity contribution in [2.75, 3.05) is 0 Å². The molecule has 2 aromatic carbocycles. The molecule has 0 bridgehead atoms. The van der Waals surface area contributed by atoms with Gasteiger partial charge in [-0.25, -0.2) is 0 Å². The van der Waals surface area contributed by atoms with Gasteiger partial charge < -0.3 is 4.74 Å². The lowest BCUT2D eigenvalue weighted by Crippen LogP contribution is -1.94. The second kappa shape index (κ2) is 9.83. The van der Waals surface area contributed by atoms with Crippen LogP contribution in [-0.2, 0) is 6.42 Å². The van der Waals surface area contributed by atoms with E-state index in [1.807, 2.05) is 48.5 Å². The van der Waals surface area contributed by atoms with E-state index in [0.717, 1.165) is 18.5 Å². The highest BCUT2D eigenvalue weighted by Gasteiger charge is 2.06. The smallest absolute Gasteiger partial charge is 0.153 e. The largest absolute Gasteiger partial charge is 0.457 e. The molecule has 0 aromatic heterocycles. The van der Waals surface area contributed by atoms with Crippen molar-refractivity contribution in [3.8, 4) is 11.5 Å². The summed E-state index contributed by atoms with van der Waals surface area (Å²) in [7, 11) is 0. The fourth-order valence-electron chi connectivity index (χ4n) is 2.64. The molecule has 2 heteroatoms. The van der Waals surface area contributed by atoms with Gasteiger partial charge in [0.15, 0.2) is 6.29 Å². The average Bonchev–Trinajstić information content (AvgIpc) is 2.59. The minimum Gasteiger partial charge on any atom is -0.457 e. The van der Waals surface area contributed by atoms with Crippen molar-refractivity contribution in [2.45, 2.75) is 51.9 Å². The Balaban J connectivity index is 1.94. The number of para-hydroxylation sites is 1. The van der Waals surface area contributed by atoms with Crippen molar-refractivity contribution in [1.29, 1.82) is 0 Å². The van der Waals surface area contributed by atoms with Crippen molar-refractivity contribution < 1.29 is 9.53 Å². The molecule has 2 rings (SSSR count). The third-order valence-electron chi connectivity index (χ3n) is 3.99. The number of hydrogen-bond acceptors (Lipinski definition) is 2. The van der Waals surface area contributed by atoms with Crippen molar-refractivity contribution in [2.24, 2.45) is 0 Å². The first-order valence-electron chi connectivity index (χ1n) is 8.64. The highest BCUT2D eigenvalue weighted by Crippen LogP contribution is 2.26.